The molecule has 0 aliphatic heterocycles. The highest BCUT2D eigenvalue weighted by Crippen LogP contribution is 2.06. The smallest absolute Gasteiger partial charge is 0.325 e. The van der Waals surface area contributed by atoms with Crippen LogP contribution in [0.5, 0.6) is 0 Å². The van der Waals surface area contributed by atoms with Gasteiger partial charge in [0.15, 0.2) is 0 Å². The summed E-state index contributed by atoms with van der Waals surface area (Å²) in [7, 11) is 1.31. The van der Waals surface area contributed by atoms with E-state index >= 15 is 0 Å². The molecule has 18 heavy (non-hydrogen) atoms. The van der Waals surface area contributed by atoms with Crippen molar-refractivity contribution in [2.75, 3.05) is 20.2 Å². The number of esters is 1. The number of methoxy groups -OCH3 is 1. The van der Waals surface area contributed by atoms with E-state index in [9.17, 15) is 9.59 Å². The van der Waals surface area contributed by atoms with E-state index < -0.39 is 5.97 Å². The summed E-state index contributed by atoms with van der Waals surface area (Å²) in [6.07, 6.45) is 2.31. The molecule has 0 saturated heterocycles. The van der Waals surface area contributed by atoms with Crippen LogP contribution < -0.4 is 0 Å². The van der Waals surface area contributed by atoms with Crippen molar-refractivity contribution in [3.63, 3.8) is 0 Å². The van der Waals surface area contributed by atoms with Gasteiger partial charge in [-0.05, 0) is 25.5 Å². The lowest BCUT2D eigenvalue weighted by Crippen LogP contribution is -2.36. The van der Waals surface area contributed by atoms with Crippen LogP contribution >= 0.6 is 0 Å². The monoisotopic (exact) mass is 250 g/mol. The molecule has 98 valence electrons. The zero-order valence-electron chi connectivity index (χ0n) is 11.0. The maximum atomic E-state index is 12.2. The minimum atomic E-state index is -0.420. The Morgan fingerprint density at radius 3 is 2.61 bits per heavy atom. The zero-order chi connectivity index (χ0) is 13.5. The summed E-state index contributed by atoms with van der Waals surface area (Å²) in [5, 5.41) is 0. The molecule has 0 bridgehead atoms. The Labute approximate surface area is 107 Å². The van der Waals surface area contributed by atoms with Crippen molar-refractivity contribution in [2.45, 2.75) is 20.3 Å². The number of carbonyl (C=O) groups excluding carboxylic acids is 2. The summed E-state index contributed by atoms with van der Waals surface area (Å²) in [6, 6.07) is 3.49. The molecule has 0 aromatic carbocycles. The van der Waals surface area contributed by atoms with Crippen molar-refractivity contribution in [1.82, 2.24) is 9.88 Å². The summed E-state index contributed by atoms with van der Waals surface area (Å²) >= 11 is 0. The van der Waals surface area contributed by atoms with E-state index in [0.717, 1.165) is 12.1 Å². The molecule has 1 rings (SSSR count). The Morgan fingerprint density at radius 1 is 1.39 bits per heavy atom. The molecule has 0 aliphatic carbocycles. The van der Waals surface area contributed by atoms with Gasteiger partial charge in [-0.2, -0.15) is 0 Å². The minimum Gasteiger partial charge on any atom is -0.468 e. The van der Waals surface area contributed by atoms with Crippen LogP contribution in [0.25, 0.3) is 0 Å². The summed E-state index contributed by atoms with van der Waals surface area (Å²) < 4.78 is 4.58. The minimum absolute atomic E-state index is 0.0307. The third-order valence-corrected chi connectivity index (χ3v) is 2.49. The largest absolute Gasteiger partial charge is 0.468 e. The fourth-order valence-electron chi connectivity index (χ4n) is 1.52. The molecule has 0 spiro atoms. The van der Waals surface area contributed by atoms with E-state index in [1.807, 2.05) is 13.8 Å². The predicted molar refractivity (Wildman–Crippen MR) is 67.2 cm³/mol. The van der Waals surface area contributed by atoms with Gasteiger partial charge in [-0.3, -0.25) is 14.6 Å². The molecule has 0 unspecified atom stereocenters. The van der Waals surface area contributed by atoms with Gasteiger partial charge in [0.05, 0.1) is 12.7 Å². The van der Waals surface area contributed by atoms with Gasteiger partial charge in [-0.25, -0.2) is 0 Å². The summed E-state index contributed by atoms with van der Waals surface area (Å²) in [5.41, 5.74) is 1.33. The van der Waals surface area contributed by atoms with Gasteiger partial charge in [0.25, 0.3) is 5.91 Å². The first-order valence-corrected chi connectivity index (χ1v) is 5.87. The van der Waals surface area contributed by atoms with Crippen LogP contribution in [0.15, 0.2) is 18.3 Å². The SMILES string of the molecule is CCCN(CC(=O)OC)C(=O)c1ccc(C)nc1. The number of hydrogen-bond acceptors (Lipinski definition) is 4. The third kappa shape index (κ3) is 3.84. The van der Waals surface area contributed by atoms with Crippen LogP contribution in [0.3, 0.4) is 0 Å². The van der Waals surface area contributed by atoms with Crippen LogP contribution in [0.4, 0.5) is 0 Å². The van der Waals surface area contributed by atoms with E-state index in [1.165, 1.54) is 18.2 Å². The van der Waals surface area contributed by atoms with Gasteiger partial charge < -0.3 is 9.64 Å². The maximum absolute atomic E-state index is 12.2. The van der Waals surface area contributed by atoms with E-state index in [0.29, 0.717) is 12.1 Å². The first-order chi connectivity index (χ1) is 8.58. The number of aryl methyl sites for hydroxylation is 1. The van der Waals surface area contributed by atoms with Gasteiger partial charge in [0.1, 0.15) is 6.54 Å². The van der Waals surface area contributed by atoms with Crippen LogP contribution in [0.2, 0.25) is 0 Å². The molecule has 1 amide bonds. The Balaban J connectivity index is 2.81. The maximum Gasteiger partial charge on any atom is 0.325 e. The van der Waals surface area contributed by atoms with Gasteiger partial charge in [0, 0.05) is 18.4 Å². The van der Waals surface area contributed by atoms with E-state index in [4.69, 9.17) is 0 Å². The molecule has 0 N–H and O–H groups in total. The van der Waals surface area contributed by atoms with Crippen molar-refractivity contribution in [1.29, 1.82) is 0 Å². The highest BCUT2D eigenvalue weighted by atomic mass is 16.5. The van der Waals surface area contributed by atoms with E-state index in [2.05, 4.69) is 9.72 Å². The summed E-state index contributed by atoms with van der Waals surface area (Å²) in [6.45, 7) is 4.29. The van der Waals surface area contributed by atoms with Gasteiger partial charge in [-0.15, -0.1) is 0 Å². The van der Waals surface area contributed by atoms with Crippen molar-refractivity contribution >= 4 is 11.9 Å². The molecule has 0 saturated carbocycles. The number of pyridine rings is 1. The number of hydrogen-bond donors (Lipinski definition) is 0. The van der Waals surface area contributed by atoms with E-state index in [-0.39, 0.29) is 12.5 Å². The Hall–Kier alpha value is -1.91. The molecule has 0 aliphatic rings. The summed E-state index contributed by atoms with van der Waals surface area (Å²) in [5.74, 6) is -0.619. The Kier molecular flexibility index (Phi) is 5.30. The topological polar surface area (TPSA) is 59.5 Å². The van der Waals surface area contributed by atoms with Crippen molar-refractivity contribution in [3.8, 4) is 0 Å². The molecule has 0 atom stereocenters. The number of ether oxygens (including phenoxy) is 1. The lowest BCUT2D eigenvalue weighted by atomic mass is 10.2. The van der Waals surface area contributed by atoms with Gasteiger partial charge in [-0.1, -0.05) is 6.92 Å². The first kappa shape index (κ1) is 14.2. The third-order valence-electron chi connectivity index (χ3n) is 2.49. The van der Waals surface area contributed by atoms with Crippen LogP contribution in [0, 0.1) is 6.92 Å². The Morgan fingerprint density at radius 2 is 2.11 bits per heavy atom. The second-order valence-corrected chi connectivity index (χ2v) is 3.99. The highest BCUT2D eigenvalue weighted by molar-refractivity contribution is 5.95. The molecule has 0 radical (unpaired) electrons. The predicted octanol–water partition coefficient (Wildman–Crippen LogP) is 1.42. The normalized spacial score (nSPS) is 9.94. The Bertz CT molecular complexity index is 415. The standard InChI is InChI=1S/C13H18N2O3/c1-4-7-15(9-12(16)18-3)13(17)11-6-5-10(2)14-8-11/h5-6,8H,4,7,9H2,1-3H3. The lowest BCUT2D eigenvalue weighted by Gasteiger charge is -2.20. The number of nitrogens with zero attached hydrogens (tertiary/aromatic N) is 2. The number of carbonyl (C=O) groups is 2. The molecular weight excluding hydrogens is 232 g/mol. The average Bonchev–Trinajstić information content (AvgIpc) is 2.38. The van der Waals surface area contributed by atoms with Crippen molar-refractivity contribution in [2.24, 2.45) is 0 Å². The molecule has 5 nitrogen and oxygen atoms in total. The van der Waals surface area contributed by atoms with Crippen LogP contribution in [0.1, 0.15) is 29.4 Å². The number of aromatic nitrogens is 1. The van der Waals surface area contributed by atoms with Crippen molar-refractivity contribution in [3.05, 3.63) is 29.6 Å². The molecule has 1 aromatic heterocycles. The molecule has 1 aromatic rings. The average molecular weight is 250 g/mol. The van der Waals surface area contributed by atoms with Crippen molar-refractivity contribution < 1.29 is 14.3 Å². The first-order valence-electron chi connectivity index (χ1n) is 5.87. The fraction of sp³-hybridized carbons (Fsp3) is 0.462. The summed E-state index contributed by atoms with van der Waals surface area (Å²) in [4.78, 5) is 29.0. The number of rotatable bonds is 5. The zero-order valence-corrected chi connectivity index (χ0v) is 11.0. The lowest BCUT2D eigenvalue weighted by molar-refractivity contribution is -0.141. The van der Waals surface area contributed by atoms with Crippen LogP contribution in [-0.4, -0.2) is 42.0 Å². The molecule has 5 heteroatoms. The second-order valence-electron chi connectivity index (χ2n) is 3.99. The fourth-order valence-corrected chi connectivity index (χ4v) is 1.52. The van der Waals surface area contributed by atoms with Crippen LogP contribution in [-0.2, 0) is 9.53 Å². The van der Waals surface area contributed by atoms with Gasteiger partial charge in [0.2, 0.25) is 0 Å². The van der Waals surface area contributed by atoms with Gasteiger partial charge >= 0.3 is 5.97 Å². The second kappa shape index (κ2) is 6.74. The molecular formula is C13H18N2O3. The quantitative estimate of drug-likeness (QED) is 0.741. The molecule has 1 heterocycles. The number of amides is 1. The van der Waals surface area contributed by atoms with E-state index in [1.54, 1.807) is 12.1 Å². The highest BCUT2D eigenvalue weighted by Gasteiger charge is 2.18. The molecule has 0 fully saturated rings.